The lowest BCUT2D eigenvalue weighted by Crippen LogP contribution is -2.27. The third-order valence-corrected chi connectivity index (χ3v) is 4.69. The number of nitrogens with zero attached hydrogens (tertiary/aromatic N) is 3. The van der Waals surface area contributed by atoms with E-state index in [1.54, 1.807) is 4.52 Å². The molecule has 2 heterocycles. The second kappa shape index (κ2) is 7.00. The van der Waals surface area contributed by atoms with E-state index in [1.165, 1.54) is 0 Å². The molecule has 0 bridgehead atoms. The first-order valence-electron chi connectivity index (χ1n) is 7.28. The molecule has 0 fully saturated rings. The van der Waals surface area contributed by atoms with Crippen molar-refractivity contribution in [1.29, 1.82) is 0 Å². The van der Waals surface area contributed by atoms with Crippen molar-refractivity contribution in [3.05, 3.63) is 29.7 Å². The maximum Gasteiger partial charge on any atom is 0.211 e. The summed E-state index contributed by atoms with van der Waals surface area (Å²) in [5.74, 6) is 0.212. The quantitative estimate of drug-likeness (QED) is 0.753. The largest absolute Gasteiger partial charge is 0.237 e. The molecule has 7 heteroatoms. The van der Waals surface area contributed by atoms with Gasteiger partial charge in [-0.15, -0.1) is 0 Å². The molecule has 0 radical (unpaired) electrons. The Morgan fingerprint density at radius 1 is 1.33 bits per heavy atom. The van der Waals surface area contributed by atoms with Gasteiger partial charge in [-0.3, -0.25) is 0 Å². The maximum atomic E-state index is 11.6. The van der Waals surface area contributed by atoms with Gasteiger partial charge >= 0.3 is 0 Å². The van der Waals surface area contributed by atoms with Gasteiger partial charge in [0.15, 0.2) is 5.65 Å². The Kier molecular flexibility index (Phi) is 5.30. The summed E-state index contributed by atoms with van der Waals surface area (Å²) in [5, 5.41) is 4.32. The Morgan fingerprint density at radius 2 is 2.14 bits per heavy atom. The zero-order valence-corrected chi connectivity index (χ0v) is 13.4. The van der Waals surface area contributed by atoms with Crippen molar-refractivity contribution in [2.24, 2.45) is 0 Å². The van der Waals surface area contributed by atoms with Gasteiger partial charge in [0, 0.05) is 25.0 Å². The van der Waals surface area contributed by atoms with Gasteiger partial charge in [-0.1, -0.05) is 13.3 Å². The molecule has 2 aromatic rings. The molecule has 0 saturated carbocycles. The Labute approximate surface area is 125 Å². The van der Waals surface area contributed by atoms with Crippen LogP contribution in [0, 0.1) is 6.92 Å². The molecule has 1 N–H and O–H groups in total. The molecule has 116 valence electrons. The number of aromatic nitrogens is 3. The van der Waals surface area contributed by atoms with Crippen LogP contribution in [0.15, 0.2) is 18.5 Å². The van der Waals surface area contributed by atoms with Crippen molar-refractivity contribution >= 4 is 15.7 Å². The van der Waals surface area contributed by atoms with E-state index in [9.17, 15) is 8.42 Å². The molecule has 0 aliphatic carbocycles. The summed E-state index contributed by atoms with van der Waals surface area (Å²) in [5.41, 5.74) is 2.82. The minimum atomic E-state index is -3.11. The maximum absolute atomic E-state index is 11.6. The molecule has 2 aromatic heterocycles. The van der Waals surface area contributed by atoms with E-state index in [-0.39, 0.29) is 5.75 Å². The molecular weight excluding hydrogens is 288 g/mol. The summed E-state index contributed by atoms with van der Waals surface area (Å²) < 4.78 is 27.7. The average molecular weight is 310 g/mol. The molecule has 6 nitrogen and oxygen atoms in total. The Balaban J connectivity index is 1.82. The van der Waals surface area contributed by atoms with E-state index >= 15 is 0 Å². The fourth-order valence-corrected chi connectivity index (χ4v) is 3.36. The first kappa shape index (κ1) is 15.9. The molecule has 21 heavy (non-hydrogen) atoms. The third-order valence-electron chi connectivity index (χ3n) is 3.22. The molecule has 0 aliphatic rings. The van der Waals surface area contributed by atoms with Crippen molar-refractivity contribution in [3.8, 4) is 0 Å². The summed E-state index contributed by atoms with van der Waals surface area (Å²) in [6.45, 7) is 4.37. The SMILES string of the molecule is CCCCS(=O)(=O)NCCCc1cnc2cc(C)nn2c1. The van der Waals surface area contributed by atoms with Crippen molar-refractivity contribution in [2.45, 2.75) is 39.5 Å². The summed E-state index contributed by atoms with van der Waals surface area (Å²) in [6.07, 6.45) is 6.88. The molecule has 2 rings (SSSR count). The van der Waals surface area contributed by atoms with Crippen LogP contribution in [-0.4, -0.2) is 35.3 Å². The van der Waals surface area contributed by atoms with Gasteiger partial charge in [-0.25, -0.2) is 22.6 Å². The standard InChI is InChI=1S/C14H22N4O2S/c1-3-4-8-21(19,20)16-7-5-6-13-10-15-14-9-12(2)17-18(14)11-13/h9-11,16H,3-8H2,1-2H3. The number of sulfonamides is 1. The van der Waals surface area contributed by atoms with Crippen molar-refractivity contribution in [3.63, 3.8) is 0 Å². The van der Waals surface area contributed by atoms with E-state index in [1.807, 2.05) is 32.3 Å². The lowest BCUT2D eigenvalue weighted by atomic mass is 10.2. The Morgan fingerprint density at radius 3 is 2.90 bits per heavy atom. The van der Waals surface area contributed by atoms with Crippen LogP contribution in [0.1, 0.15) is 37.4 Å². The van der Waals surface area contributed by atoms with E-state index in [0.717, 1.165) is 36.2 Å². The average Bonchev–Trinajstić information content (AvgIpc) is 2.81. The highest BCUT2D eigenvalue weighted by molar-refractivity contribution is 7.89. The van der Waals surface area contributed by atoms with Crippen LogP contribution in [0.4, 0.5) is 0 Å². The van der Waals surface area contributed by atoms with Crippen LogP contribution in [0.5, 0.6) is 0 Å². The van der Waals surface area contributed by atoms with Gasteiger partial charge in [0.05, 0.1) is 11.4 Å². The minimum absolute atomic E-state index is 0.212. The number of aryl methyl sites for hydroxylation is 2. The summed E-state index contributed by atoms with van der Waals surface area (Å²) >= 11 is 0. The monoisotopic (exact) mass is 310 g/mol. The molecule has 0 atom stereocenters. The van der Waals surface area contributed by atoms with Gasteiger partial charge in [0.2, 0.25) is 10.0 Å². The third kappa shape index (κ3) is 4.78. The predicted molar refractivity (Wildman–Crippen MR) is 82.7 cm³/mol. The van der Waals surface area contributed by atoms with Gasteiger partial charge in [0.1, 0.15) is 0 Å². The lowest BCUT2D eigenvalue weighted by molar-refractivity contribution is 0.575. The number of fused-ring (bicyclic) bond motifs is 1. The van der Waals surface area contributed by atoms with Gasteiger partial charge in [-0.2, -0.15) is 5.10 Å². The molecule has 0 aromatic carbocycles. The number of rotatable bonds is 8. The highest BCUT2D eigenvalue weighted by Crippen LogP contribution is 2.06. The van der Waals surface area contributed by atoms with Gasteiger partial charge in [-0.05, 0) is 31.7 Å². The zero-order chi connectivity index (χ0) is 15.3. The van der Waals surface area contributed by atoms with Crippen LogP contribution < -0.4 is 4.72 Å². The molecule has 0 saturated heterocycles. The van der Waals surface area contributed by atoms with Crippen LogP contribution in [0.25, 0.3) is 5.65 Å². The van der Waals surface area contributed by atoms with Crippen LogP contribution in [0.3, 0.4) is 0 Å². The van der Waals surface area contributed by atoms with Crippen molar-refractivity contribution in [2.75, 3.05) is 12.3 Å². The topological polar surface area (TPSA) is 76.4 Å². The van der Waals surface area contributed by atoms with Crippen molar-refractivity contribution < 1.29 is 8.42 Å². The highest BCUT2D eigenvalue weighted by atomic mass is 32.2. The van der Waals surface area contributed by atoms with E-state index < -0.39 is 10.0 Å². The summed E-state index contributed by atoms with van der Waals surface area (Å²) in [7, 11) is -3.11. The number of unbranched alkanes of at least 4 members (excludes halogenated alkanes) is 1. The fourth-order valence-electron chi connectivity index (χ4n) is 2.09. The van der Waals surface area contributed by atoms with Crippen molar-refractivity contribution in [1.82, 2.24) is 19.3 Å². The Hall–Kier alpha value is -1.47. The molecular formula is C14H22N4O2S. The minimum Gasteiger partial charge on any atom is -0.237 e. The molecule has 0 spiro atoms. The number of hydrogen-bond donors (Lipinski definition) is 1. The van der Waals surface area contributed by atoms with Crippen LogP contribution >= 0.6 is 0 Å². The normalized spacial score (nSPS) is 12.1. The van der Waals surface area contributed by atoms with E-state index in [4.69, 9.17) is 0 Å². The smallest absolute Gasteiger partial charge is 0.211 e. The Bertz CT molecular complexity index is 694. The van der Waals surface area contributed by atoms with E-state index in [0.29, 0.717) is 13.0 Å². The predicted octanol–water partition coefficient (Wildman–Crippen LogP) is 1.69. The van der Waals surface area contributed by atoms with Gasteiger partial charge in [0.25, 0.3) is 0 Å². The fraction of sp³-hybridized carbons (Fsp3) is 0.571. The van der Waals surface area contributed by atoms with Gasteiger partial charge < -0.3 is 0 Å². The molecule has 0 aliphatic heterocycles. The second-order valence-corrected chi connectivity index (χ2v) is 7.15. The first-order valence-corrected chi connectivity index (χ1v) is 8.93. The zero-order valence-electron chi connectivity index (χ0n) is 12.5. The first-order chi connectivity index (χ1) is 10.00. The summed E-state index contributed by atoms with van der Waals surface area (Å²) in [6, 6.07) is 1.92. The van der Waals surface area contributed by atoms with Crippen LogP contribution in [-0.2, 0) is 16.4 Å². The molecule has 0 amide bonds. The lowest BCUT2D eigenvalue weighted by Gasteiger charge is -2.06. The number of hydrogen-bond acceptors (Lipinski definition) is 4. The van der Waals surface area contributed by atoms with Crippen LogP contribution in [0.2, 0.25) is 0 Å². The van der Waals surface area contributed by atoms with E-state index in [2.05, 4.69) is 14.8 Å². The molecule has 0 unspecified atom stereocenters. The summed E-state index contributed by atoms with van der Waals surface area (Å²) in [4.78, 5) is 4.33. The highest BCUT2D eigenvalue weighted by Gasteiger charge is 2.08. The number of nitrogens with one attached hydrogen (secondary N) is 1. The second-order valence-electron chi connectivity index (χ2n) is 5.22.